The van der Waals surface area contributed by atoms with E-state index in [1.807, 2.05) is 20.0 Å². The van der Waals surface area contributed by atoms with Gasteiger partial charge >= 0.3 is 0 Å². The largest absolute Gasteiger partial charge is 0.481 e. The number of rotatable bonds is 6. The molecular formula is C22H29N5O4. The molecule has 0 saturated carbocycles. The van der Waals surface area contributed by atoms with Crippen LogP contribution in [0.3, 0.4) is 0 Å². The Bertz CT molecular complexity index is 923. The van der Waals surface area contributed by atoms with Gasteiger partial charge in [0, 0.05) is 50.2 Å². The number of aromatic nitrogens is 3. The number of hydrogen-bond acceptors (Lipinski definition) is 8. The van der Waals surface area contributed by atoms with E-state index in [-0.39, 0.29) is 12.5 Å². The van der Waals surface area contributed by atoms with Gasteiger partial charge in [0.05, 0.1) is 26.9 Å². The lowest BCUT2D eigenvalue weighted by atomic mass is 9.97. The van der Waals surface area contributed by atoms with Crippen LogP contribution in [-0.4, -0.2) is 70.9 Å². The van der Waals surface area contributed by atoms with E-state index >= 15 is 0 Å². The molecule has 4 rings (SSSR count). The van der Waals surface area contributed by atoms with Crippen LogP contribution < -0.4 is 10.1 Å². The van der Waals surface area contributed by atoms with Gasteiger partial charge in [0.15, 0.2) is 0 Å². The van der Waals surface area contributed by atoms with Crippen LogP contribution in [0.1, 0.15) is 28.9 Å². The first kappa shape index (κ1) is 21.6. The molecule has 2 aromatic heterocycles. The Morgan fingerprint density at radius 2 is 2.10 bits per heavy atom. The minimum atomic E-state index is -0.532. The van der Waals surface area contributed by atoms with Gasteiger partial charge < -0.3 is 19.5 Å². The van der Waals surface area contributed by atoms with Gasteiger partial charge in [0.2, 0.25) is 11.8 Å². The molecule has 0 aliphatic carbocycles. The van der Waals surface area contributed by atoms with Crippen LogP contribution in [-0.2, 0) is 27.4 Å². The van der Waals surface area contributed by atoms with Crippen molar-refractivity contribution in [1.29, 1.82) is 0 Å². The molecular weight excluding hydrogens is 398 g/mol. The number of pyridine rings is 1. The highest BCUT2D eigenvalue weighted by molar-refractivity contribution is 5.81. The molecule has 4 heterocycles. The van der Waals surface area contributed by atoms with E-state index in [0.29, 0.717) is 37.9 Å². The molecule has 2 aliphatic heterocycles. The second-order valence-corrected chi connectivity index (χ2v) is 8.31. The molecule has 0 unspecified atom stereocenters. The third-order valence-electron chi connectivity index (χ3n) is 5.67. The first-order valence-electron chi connectivity index (χ1n) is 10.5. The molecule has 1 N–H and O–H groups in total. The molecule has 1 spiro atoms. The fourth-order valence-electron chi connectivity index (χ4n) is 4.12. The summed E-state index contributed by atoms with van der Waals surface area (Å²) in [5.74, 6) is 1.07. The standard InChI is InChI=1S/C22H29N5O4/c1-15-8-23-19(24-9-15)11-25-20(28)18-7-22(14-30-18)13-27(4-5-31-22)12-17-6-16(2)21(29-3)26-10-17/h6,8-10,18H,4-5,7,11-14H2,1-3H3,(H,25,28)/t18-,22-/m1/s1. The van der Waals surface area contributed by atoms with Crippen molar-refractivity contribution in [3.05, 3.63) is 47.2 Å². The maximum Gasteiger partial charge on any atom is 0.249 e. The lowest BCUT2D eigenvalue weighted by molar-refractivity contribution is -0.130. The number of nitrogens with zero attached hydrogens (tertiary/aromatic N) is 4. The van der Waals surface area contributed by atoms with E-state index in [2.05, 4.69) is 31.2 Å². The molecule has 0 bridgehead atoms. The van der Waals surface area contributed by atoms with Crippen LogP contribution >= 0.6 is 0 Å². The van der Waals surface area contributed by atoms with Crippen molar-refractivity contribution in [3.63, 3.8) is 0 Å². The molecule has 2 atom stereocenters. The lowest BCUT2D eigenvalue weighted by Gasteiger charge is -2.39. The zero-order valence-corrected chi connectivity index (χ0v) is 18.3. The van der Waals surface area contributed by atoms with Crippen molar-refractivity contribution in [2.24, 2.45) is 0 Å². The summed E-state index contributed by atoms with van der Waals surface area (Å²) in [5.41, 5.74) is 2.66. The zero-order valence-electron chi connectivity index (χ0n) is 18.3. The summed E-state index contributed by atoms with van der Waals surface area (Å²) in [6.45, 7) is 7.52. The maximum atomic E-state index is 12.6. The number of hydrogen-bond donors (Lipinski definition) is 1. The third kappa shape index (κ3) is 5.17. The SMILES string of the molecule is COc1ncc(CN2CCO[C@@]3(CO[C@@H](C(=O)NCc4ncc(C)cn4)C3)C2)cc1C. The Hall–Kier alpha value is -2.62. The molecule has 0 aromatic carbocycles. The van der Waals surface area contributed by atoms with Crippen LogP contribution in [0.15, 0.2) is 24.7 Å². The summed E-state index contributed by atoms with van der Waals surface area (Å²) in [6.07, 6.45) is 5.32. The van der Waals surface area contributed by atoms with Crippen LogP contribution in [0.4, 0.5) is 0 Å². The van der Waals surface area contributed by atoms with Crippen molar-refractivity contribution in [3.8, 4) is 5.88 Å². The summed E-state index contributed by atoms with van der Waals surface area (Å²) in [7, 11) is 1.63. The Morgan fingerprint density at radius 3 is 2.84 bits per heavy atom. The van der Waals surface area contributed by atoms with Crippen LogP contribution in [0.2, 0.25) is 0 Å². The highest BCUT2D eigenvalue weighted by Crippen LogP contribution is 2.32. The van der Waals surface area contributed by atoms with E-state index in [9.17, 15) is 4.79 Å². The number of nitrogens with one attached hydrogen (secondary N) is 1. The molecule has 2 saturated heterocycles. The smallest absolute Gasteiger partial charge is 0.249 e. The van der Waals surface area contributed by atoms with Gasteiger partial charge in [-0.2, -0.15) is 0 Å². The van der Waals surface area contributed by atoms with Gasteiger partial charge in [-0.05, 0) is 31.0 Å². The van der Waals surface area contributed by atoms with Crippen molar-refractivity contribution < 1.29 is 19.0 Å². The number of carbonyl (C=O) groups is 1. The molecule has 9 heteroatoms. The monoisotopic (exact) mass is 427 g/mol. The summed E-state index contributed by atoms with van der Waals surface area (Å²) >= 11 is 0. The van der Waals surface area contributed by atoms with Gasteiger partial charge in [0.25, 0.3) is 0 Å². The van der Waals surface area contributed by atoms with Gasteiger partial charge in [0.1, 0.15) is 17.5 Å². The lowest BCUT2D eigenvalue weighted by Crippen LogP contribution is -2.52. The van der Waals surface area contributed by atoms with E-state index in [1.165, 1.54) is 0 Å². The number of morpholine rings is 1. The van der Waals surface area contributed by atoms with Crippen LogP contribution in [0, 0.1) is 13.8 Å². The number of carbonyl (C=O) groups excluding carboxylic acids is 1. The van der Waals surface area contributed by atoms with Crippen molar-refractivity contribution in [2.75, 3.05) is 33.4 Å². The summed E-state index contributed by atoms with van der Waals surface area (Å²) in [5, 5.41) is 2.87. The first-order valence-corrected chi connectivity index (χ1v) is 10.5. The van der Waals surface area contributed by atoms with E-state index in [0.717, 1.165) is 29.8 Å². The van der Waals surface area contributed by atoms with E-state index in [4.69, 9.17) is 14.2 Å². The Labute approximate surface area is 182 Å². The van der Waals surface area contributed by atoms with Crippen molar-refractivity contribution in [1.82, 2.24) is 25.2 Å². The topological polar surface area (TPSA) is 98.7 Å². The van der Waals surface area contributed by atoms with Crippen LogP contribution in [0.25, 0.3) is 0 Å². The molecule has 1 amide bonds. The fourth-order valence-corrected chi connectivity index (χ4v) is 4.12. The fraction of sp³-hybridized carbons (Fsp3) is 0.545. The Balaban J connectivity index is 1.31. The zero-order chi connectivity index (χ0) is 21.8. The average molecular weight is 428 g/mol. The molecule has 0 radical (unpaired) electrons. The minimum absolute atomic E-state index is 0.156. The first-order chi connectivity index (χ1) is 15.0. The highest BCUT2D eigenvalue weighted by atomic mass is 16.6. The predicted molar refractivity (Wildman–Crippen MR) is 112 cm³/mol. The summed E-state index contributed by atoms with van der Waals surface area (Å²) in [6, 6.07) is 2.10. The van der Waals surface area contributed by atoms with Gasteiger partial charge in [-0.25, -0.2) is 15.0 Å². The van der Waals surface area contributed by atoms with Crippen LogP contribution in [0.5, 0.6) is 5.88 Å². The normalized spacial score (nSPS) is 23.8. The van der Waals surface area contributed by atoms with Crippen molar-refractivity contribution in [2.45, 2.75) is 45.1 Å². The average Bonchev–Trinajstić information content (AvgIpc) is 3.16. The molecule has 2 fully saturated rings. The third-order valence-corrected chi connectivity index (χ3v) is 5.67. The molecule has 166 valence electrons. The number of methoxy groups -OCH3 is 1. The predicted octanol–water partition coefficient (Wildman–Crippen LogP) is 1.17. The van der Waals surface area contributed by atoms with Crippen molar-refractivity contribution >= 4 is 5.91 Å². The summed E-state index contributed by atoms with van der Waals surface area (Å²) < 4.78 is 17.2. The molecule has 2 aromatic rings. The molecule has 9 nitrogen and oxygen atoms in total. The quantitative estimate of drug-likeness (QED) is 0.734. The van der Waals surface area contributed by atoms with E-state index in [1.54, 1.807) is 19.5 Å². The highest BCUT2D eigenvalue weighted by Gasteiger charge is 2.46. The van der Waals surface area contributed by atoms with Gasteiger partial charge in [-0.3, -0.25) is 9.69 Å². The minimum Gasteiger partial charge on any atom is -0.481 e. The number of aryl methyl sites for hydroxylation is 2. The number of ether oxygens (including phenoxy) is 3. The maximum absolute atomic E-state index is 12.6. The Kier molecular flexibility index (Phi) is 6.45. The molecule has 2 aliphatic rings. The second kappa shape index (κ2) is 9.25. The Morgan fingerprint density at radius 1 is 1.29 bits per heavy atom. The van der Waals surface area contributed by atoms with E-state index < -0.39 is 11.7 Å². The molecule has 31 heavy (non-hydrogen) atoms. The number of amides is 1. The van der Waals surface area contributed by atoms with Gasteiger partial charge in [-0.15, -0.1) is 0 Å². The summed E-state index contributed by atoms with van der Waals surface area (Å²) in [4.78, 5) is 27.7. The second-order valence-electron chi connectivity index (χ2n) is 8.31. The van der Waals surface area contributed by atoms with Gasteiger partial charge in [-0.1, -0.05) is 0 Å².